The second-order valence-corrected chi connectivity index (χ2v) is 7.17. The molecule has 27 heavy (non-hydrogen) atoms. The summed E-state index contributed by atoms with van der Waals surface area (Å²) in [5.74, 6) is 0.253. The van der Waals surface area contributed by atoms with Gasteiger partial charge >= 0.3 is 0 Å². The van der Waals surface area contributed by atoms with Crippen LogP contribution in [-0.4, -0.2) is 40.1 Å². The molecule has 0 bridgehead atoms. The van der Waals surface area contributed by atoms with Crippen molar-refractivity contribution in [3.8, 4) is 0 Å². The molecular formula is C20H23N5O2. The second kappa shape index (κ2) is 6.90. The summed E-state index contributed by atoms with van der Waals surface area (Å²) in [6, 6.07) is 9.81. The first kappa shape index (κ1) is 17.3. The highest BCUT2D eigenvalue weighted by atomic mass is 16.1. The van der Waals surface area contributed by atoms with Crippen LogP contribution in [0.25, 0.3) is 5.65 Å². The Kier molecular flexibility index (Phi) is 4.43. The van der Waals surface area contributed by atoms with Gasteiger partial charge < -0.3 is 10.2 Å². The Hall–Kier alpha value is -3.09. The van der Waals surface area contributed by atoms with Crippen molar-refractivity contribution in [1.82, 2.24) is 19.9 Å². The third kappa shape index (κ3) is 3.32. The van der Waals surface area contributed by atoms with Crippen LogP contribution in [0.1, 0.15) is 28.0 Å². The van der Waals surface area contributed by atoms with E-state index in [1.165, 1.54) is 23.5 Å². The fourth-order valence-corrected chi connectivity index (χ4v) is 3.77. The van der Waals surface area contributed by atoms with Gasteiger partial charge in [-0.1, -0.05) is 18.2 Å². The van der Waals surface area contributed by atoms with E-state index < -0.39 is 0 Å². The van der Waals surface area contributed by atoms with Crippen LogP contribution in [0.15, 0.2) is 41.3 Å². The Morgan fingerprint density at radius 2 is 2.15 bits per heavy atom. The summed E-state index contributed by atoms with van der Waals surface area (Å²) in [5.41, 5.74) is 3.98. The van der Waals surface area contributed by atoms with E-state index in [-0.39, 0.29) is 11.5 Å². The maximum absolute atomic E-state index is 12.6. The number of carbonyl (C=O) groups excluding carboxylic acids is 1. The molecule has 3 heterocycles. The minimum Gasteiger partial charge on any atom is -0.371 e. The normalized spacial score (nSPS) is 16.8. The zero-order valence-electron chi connectivity index (χ0n) is 15.5. The number of nitrogens with one attached hydrogen (secondary N) is 2. The minimum absolute atomic E-state index is 0.161. The standard InChI is InChI=1S/C20H23N5O2/c1-13-5-3-4-6-17(13)24-8-7-15(12-24)10-22-20(27)16-11-21-18-9-19(26)23-25(18)14(16)2/h3-6,9,11,15H,7-8,10,12H2,1-2H3,(H,22,27)(H,23,26)/t15-/m1/s1. The molecule has 7 nitrogen and oxygen atoms in total. The largest absolute Gasteiger partial charge is 0.371 e. The maximum Gasteiger partial charge on any atom is 0.266 e. The van der Waals surface area contributed by atoms with Gasteiger partial charge in [0, 0.05) is 37.6 Å². The molecule has 1 fully saturated rings. The number of carbonyl (C=O) groups is 1. The molecule has 1 atom stereocenters. The van der Waals surface area contributed by atoms with E-state index >= 15 is 0 Å². The van der Waals surface area contributed by atoms with Crippen molar-refractivity contribution in [3.05, 3.63) is 63.7 Å². The van der Waals surface area contributed by atoms with Crippen LogP contribution in [0.4, 0.5) is 5.69 Å². The summed E-state index contributed by atoms with van der Waals surface area (Å²) in [5, 5.41) is 5.69. The lowest BCUT2D eigenvalue weighted by atomic mass is 10.1. The van der Waals surface area contributed by atoms with Gasteiger partial charge in [-0.05, 0) is 37.8 Å². The predicted octanol–water partition coefficient (Wildman–Crippen LogP) is 1.90. The van der Waals surface area contributed by atoms with Crippen molar-refractivity contribution < 1.29 is 4.79 Å². The zero-order valence-corrected chi connectivity index (χ0v) is 15.5. The number of nitrogens with zero attached hydrogens (tertiary/aromatic N) is 3. The van der Waals surface area contributed by atoms with Crippen molar-refractivity contribution in [2.24, 2.45) is 5.92 Å². The maximum atomic E-state index is 12.6. The first-order valence-corrected chi connectivity index (χ1v) is 9.19. The van der Waals surface area contributed by atoms with Crippen molar-refractivity contribution in [1.29, 1.82) is 0 Å². The van der Waals surface area contributed by atoms with E-state index in [2.05, 4.69) is 51.5 Å². The Balaban J connectivity index is 1.41. The first-order valence-electron chi connectivity index (χ1n) is 9.19. The lowest BCUT2D eigenvalue weighted by Crippen LogP contribution is -2.32. The van der Waals surface area contributed by atoms with Gasteiger partial charge in [0.05, 0.1) is 11.3 Å². The Bertz CT molecular complexity index is 1050. The fourth-order valence-electron chi connectivity index (χ4n) is 3.77. The number of para-hydroxylation sites is 1. The average Bonchev–Trinajstić information content (AvgIpc) is 3.27. The van der Waals surface area contributed by atoms with Crippen molar-refractivity contribution in [3.63, 3.8) is 0 Å². The number of aromatic amines is 1. The summed E-state index contributed by atoms with van der Waals surface area (Å²) < 4.78 is 1.55. The number of hydrogen-bond donors (Lipinski definition) is 2. The number of hydrogen-bond acceptors (Lipinski definition) is 4. The molecule has 1 aliphatic rings. The molecule has 1 aliphatic heterocycles. The highest BCUT2D eigenvalue weighted by Crippen LogP contribution is 2.26. The van der Waals surface area contributed by atoms with Gasteiger partial charge in [-0.15, -0.1) is 0 Å². The van der Waals surface area contributed by atoms with E-state index in [0.29, 0.717) is 29.4 Å². The van der Waals surface area contributed by atoms with Crippen molar-refractivity contribution >= 4 is 17.2 Å². The predicted molar refractivity (Wildman–Crippen MR) is 104 cm³/mol. The SMILES string of the molecule is Cc1ccccc1N1CC[C@H](CNC(=O)c2cnc3cc(=O)[nH]n3c2C)C1. The van der Waals surface area contributed by atoms with Crippen LogP contribution < -0.4 is 15.8 Å². The number of benzene rings is 1. The zero-order chi connectivity index (χ0) is 19.0. The molecule has 1 saturated heterocycles. The summed E-state index contributed by atoms with van der Waals surface area (Å²) in [4.78, 5) is 30.7. The Labute approximate surface area is 157 Å². The summed E-state index contributed by atoms with van der Waals surface area (Å²) in [6.07, 6.45) is 2.58. The summed E-state index contributed by atoms with van der Waals surface area (Å²) >= 11 is 0. The molecular weight excluding hydrogens is 342 g/mol. The lowest BCUT2D eigenvalue weighted by molar-refractivity contribution is 0.0946. The molecule has 3 aromatic rings. The quantitative estimate of drug-likeness (QED) is 0.740. The number of amides is 1. The summed E-state index contributed by atoms with van der Waals surface area (Å²) in [6.45, 7) is 6.49. The number of aromatic nitrogens is 3. The van der Waals surface area contributed by atoms with Gasteiger partial charge in [0.25, 0.3) is 11.5 Å². The second-order valence-electron chi connectivity index (χ2n) is 7.17. The number of anilines is 1. The van der Waals surface area contributed by atoms with E-state index in [1.54, 1.807) is 11.4 Å². The highest BCUT2D eigenvalue weighted by Gasteiger charge is 2.24. The van der Waals surface area contributed by atoms with Gasteiger partial charge in [0.15, 0.2) is 5.65 Å². The number of fused-ring (bicyclic) bond motifs is 1. The molecule has 4 rings (SSSR count). The number of rotatable bonds is 4. The van der Waals surface area contributed by atoms with E-state index in [9.17, 15) is 9.59 Å². The van der Waals surface area contributed by atoms with Crippen LogP contribution in [-0.2, 0) is 0 Å². The molecule has 0 aliphatic carbocycles. The molecule has 0 saturated carbocycles. The van der Waals surface area contributed by atoms with Crippen molar-refractivity contribution in [2.75, 3.05) is 24.5 Å². The van der Waals surface area contributed by atoms with E-state index in [4.69, 9.17) is 0 Å². The molecule has 0 unspecified atom stereocenters. The van der Waals surface area contributed by atoms with Gasteiger partial charge in [-0.3, -0.25) is 14.7 Å². The summed E-state index contributed by atoms with van der Waals surface area (Å²) in [7, 11) is 0. The first-order chi connectivity index (χ1) is 13.0. The van der Waals surface area contributed by atoms with E-state index in [1.807, 2.05) is 0 Å². The molecule has 0 spiro atoms. The Morgan fingerprint density at radius 3 is 2.96 bits per heavy atom. The average molecular weight is 365 g/mol. The van der Waals surface area contributed by atoms with Crippen LogP contribution in [0, 0.1) is 19.8 Å². The van der Waals surface area contributed by atoms with Crippen LogP contribution in [0.3, 0.4) is 0 Å². The van der Waals surface area contributed by atoms with Crippen LogP contribution >= 0.6 is 0 Å². The number of aryl methyl sites for hydroxylation is 2. The molecule has 1 amide bonds. The van der Waals surface area contributed by atoms with Crippen LogP contribution in [0.5, 0.6) is 0 Å². The van der Waals surface area contributed by atoms with E-state index in [0.717, 1.165) is 19.5 Å². The molecule has 140 valence electrons. The molecule has 7 heteroatoms. The minimum atomic E-state index is -0.231. The van der Waals surface area contributed by atoms with Gasteiger partial charge in [-0.25, -0.2) is 9.50 Å². The van der Waals surface area contributed by atoms with Gasteiger partial charge in [0.1, 0.15) is 0 Å². The topological polar surface area (TPSA) is 82.5 Å². The monoisotopic (exact) mass is 365 g/mol. The third-order valence-electron chi connectivity index (χ3n) is 5.30. The van der Waals surface area contributed by atoms with Gasteiger partial charge in [-0.2, -0.15) is 0 Å². The molecule has 1 aromatic carbocycles. The van der Waals surface area contributed by atoms with Gasteiger partial charge in [0.2, 0.25) is 0 Å². The molecule has 2 N–H and O–H groups in total. The Morgan fingerprint density at radius 1 is 1.33 bits per heavy atom. The molecule has 0 radical (unpaired) electrons. The smallest absolute Gasteiger partial charge is 0.266 e. The number of H-pyrrole nitrogens is 1. The molecule has 2 aromatic heterocycles. The fraction of sp³-hybridized carbons (Fsp3) is 0.350. The lowest BCUT2D eigenvalue weighted by Gasteiger charge is -2.21. The van der Waals surface area contributed by atoms with Crippen molar-refractivity contribution in [2.45, 2.75) is 20.3 Å². The van der Waals surface area contributed by atoms with Crippen LogP contribution in [0.2, 0.25) is 0 Å². The highest BCUT2D eigenvalue weighted by molar-refractivity contribution is 5.95. The third-order valence-corrected chi connectivity index (χ3v) is 5.30.